The first kappa shape index (κ1) is 47.3. The lowest BCUT2D eigenvalue weighted by Crippen LogP contribution is -2.55. The summed E-state index contributed by atoms with van der Waals surface area (Å²) in [5.74, 6) is -4.32. The number of carbonyl (C=O) groups is 5. The number of aromatic carboxylic acids is 1. The molecule has 5 heterocycles. The fourth-order valence-corrected chi connectivity index (χ4v) is 12.8. The van der Waals surface area contributed by atoms with Gasteiger partial charge in [0.2, 0.25) is 27.7 Å². The van der Waals surface area contributed by atoms with E-state index in [1.54, 1.807) is 49.5 Å². The van der Waals surface area contributed by atoms with Crippen molar-refractivity contribution in [2.24, 2.45) is 13.0 Å². The van der Waals surface area contributed by atoms with Gasteiger partial charge < -0.3 is 30.5 Å². The van der Waals surface area contributed by atoms with Gasteiger partial charge in [-0.15, -0.1) is 11.3 Å². The van der Waals surface area contributed by atoms with Crippen molar-refractivity contribution >= 4 is 90.7 Å². The summed E-state index contributed by atoms with van der Waals surface area (Å²) in [6.07, 6.45) is 2.53. The molecule has 0 saturated carbocycles. The number of carboxylic acids is 2. The summed E-state index contributed by atoms with van der Waals surface area (Å²) in [7, 11) is -2.15. The van der Waals surface area contributed by atoms with E-state index in [1.807, 2.05) is 38.1 Å². The highest BCUT2D eigenvalue weighted by Gasteiger charge is 2.42. The second-order valence-electron chi connectivity index (χ2n) is 17.7. The van der Waals surface area contributed by atoms with E-state index in [0.717, 1.165) is 17.0 Å². The third-order valence-corrected chi connectivity index (χ3v) is 16.4. The van der Waals surface area contributed by atoms with Crippen LogP contribution < -0.4 is 31.3 Å². The number of amides is 3. The summed E-state index contributed by atoms with van der Waals surface area (Å²) in [5.41, 5.74) is 3.38. The SMILES string of the molecule is Cn1c(=O)n(C2CCC(=O)NC2=O)c2ccc(N3CCC(C(=O)Nc4cccc(CS(=O)(=O)N5CC[C@H](Nc6cccc(-c7sc(C(=O)O)c(OCC(=O)O)c7Cl)c6)CC5(C)C)c4)CC3)cc21. The van der Waals surface area contributed by atoms with Gasteiger partial charge in [0.05, 0.1) is 21.7 Å². The van der Waals surface area contributed by atoms with Crippen molar-refractivity contribution in [3.63, 3.8) is 0 Å². The van der Waals surface area contributed by atoms with Crippen LogP contribution in [0.25, 0.3) is 21.5 Å². The normalized spacial score (nSPS) is 19.3. The van der Waals surface area contributed by atoms with E-state index in [4.69, 9.17) is 21.4 Å². The highest BCUT2D eigenvalue weighted by molar-refractivity contribution is 7.88. The summed E-state index contributed by atoms with van der Waals surface area (Å²) < 4.78 is 37.8. The van der Waals surface area contributed by atoms with Crippen molar-refractivity contribution in [2.75, 3.05) is 41.8 Å². The van der Waals surface area contributed by atoms with Crippen molar-refractivity contribution < 1.29 is 47.3 Å². The number of ether oxygens (including phenoxy) is 1. The molecule has 8 rings (SSSR count). The Morgan fingerprint density at radius 2 is 1.66 bits per heavy atom. The second-order valence-corrected chi connectivity index (χ2v) is 21.0. The Balaban J connectivity index is 0.858. The summed E-state index contributed by atoms with van der Waals surface area (Å²) in [5, 5.41) is 27.6. The molecule has 3 amide bonds. The second kappa shape index (κ2) is 18.8. The lowest BCUT2D eigenvalue weighted by Gasteiger charge is -2.45. The molecule has 0 radical (unpaired) electrons. The van der Waals surface area contributed by atoms with Crippen LogP contribution in [0.5, 0.6) is 5.75 Å². The van der Waals surface area contributed by atoms with Crippen LogP contribution in [0.4, 0.5) is 17.1 Å². The summed E-state index contributed by atoms with van der Waals surface area (Å²) in [4.78, 5) is 76.5. The average molecular weight is 977 g/mol. The molecule has 3 fully saturated rings. The third-order valence-electron chi connectivity index (χ3n) is 12.6. The number of halogens is 1. The van der Waals surface area contributed by atoms with Crippen molar-refractivity contribution in [3.8, 4) is 16.2 Å². The number of imidazole rings is 1. The number of anilines is 3. The highest BCUT2D eigenvalue weighted by atomic mass is 35.5. The van der Waals surface area contributed by atoms with E-state index in [-0.39, 0.29) is 70.3 Å². The molecule has 3 aromatic carbocycles. The van der Waals surface area contributed by atoms with Crippen LogP contribution in [-0.2, 0) is 42.0 Å². The Kier molecular flexibility index (Phi) is 13.3. The Bertz CT molecular complexity index is 2970. The molecule has 3 aliphatic rings. The number of carboxylic acid groups (broad SMARTS) is 2. The molecule has 2 aromatic heterocycles. The predicted molar refractivity (Wildman–Crippen MR) is 254 cm³/mol. The van der Waals surface area contributed by atoms with Crippen molar-refractivity contribution in [1.82, 2.24) is 18.8 Å². The first-order valence-corrected chi connectivity index (χ1v) is 24.6. The molecule has 5 N–H and O–H groups in total. The Morgan fingerprint density at radius 3 is 2.36 bits per heavy atom. The molecular weight excluding hydrogens is 926 g/mol. The molecule has 354 valence electrons. The number of imide groups is 1. The van der Waals surface area contributed by atoms with E-state index in [1.165, 1.54) is 13.4 Å². The number of rotatable bonds is 14. The van der Waals surface area contributed by atoms with Crippen LogP contribution in [0.1, 0.15) is 73.6 Å². The lowest BCUT2D eigenvalue weighted by atomic mass is 9.89. The van der Waals surface area contributed by atoms with Crippen molar-refractivity contribution in [1.29, 1.82) is 0 Å². The van der Waals surface area contributed by atoms with Crippen molar-refractivity contribution in [2.45, 2.75) is 75.7 Å². The van der Waals surface area contributed by atoms with Crippen LogP contribution in [0.2, 0.25) is 5.02 Å². The number of nitrogens with zero attached hydrogens (tertiary/aromatic N) is 4. The average Bonchev–Trinajstić information content (AvgIpc) is 3.73. The molecule has 0 spiro atoms. The first-order chi connectivity index (χ1) is 31.8. The smallest absolute Gasteiger partial charge is 0.349 e. The summed E-state index contributed by atoms with van der Waals surface area (Å²) in [6, 6.07) is 18.8. The van der Waals surface area contributed by atoms with E-state index in [0.29, 0.717) is 77.2 Å². The Labute approximate surface area is 394 Å². The zero-order valence-corrected chi connectivity index (χ0v) is 39.3. The van der Waals surface area contributed by atoms with Gasteiger partial charge in [-0.2, -0.15) is 4.31 Å². The van der Waals surface area contributed by atoms with Crippen LogP contribution >= 0.6 is 22.9 Å². The van der Waals surface area contributed by atoms with E-state index < -0.39 is 46.1 Å². The standard InChI is InChI=1S/C46H50ClN7O11S2/c1-46(2)23-31(48-30-9-5-7-28(21-30)40-38(47)39(65-24-37(56)57)41(66-40)44(60)61)16-19-53(46)67(63,64)25-26-6-4-8-29(20-26)49-42(58)27-14-17-52(18-15-27)32-10-11-33-35(22-32)51(3)45(62)54(33)34-12-13-36(55)50-43(34)59/h4-11,20-22,27,31,34,48H,12-19,23-25H2,1-3H3,(H,49,58)(H,56,57)(H,60,61)(H,50,55,59)/t31-,34?/m0/s1. The zero-order valence-electron chi connectivity index (χ0n) is 36.9. The number of piperidine rings is 3. The number of sulfonamides is 1. The maximum atomic E-state index is 14.0. The molecule has 3 saturated heterocycles. The number of thiophene rings is 1. The van der Waals surface area contributed by atoms with E-state index in [9.17, 15) is 42.3 Å². The molecule has 5 aromatic rings. The van der Waals surface area contributed by atoms with Crippen LogP contribution in [0.15, 0.2) is 71.5 Å². The minimum absolute atomic E-state index is 0.00291. The fraction of sp³-hybridized carbons (Fsp3) is 0.391. The number of aryl methyl sites for hydroxylation is 1. The quantitative estimate of drug-likeness (QED) is 0.0816. The molecule has 0 bridgehead atoms. The number of fused-ring (bicyclic) bond motifs is 1. The molecule has 0 aliphatic carbocycles. The minimum Gasteiger partial charge on any atom is -0.479 e. The maximum absolute atomic E-state index is 14.0. The van der Waals surface area contributed by atoms with Crippen LogP contribution in [0, 0.1) is 5.92 Å². The summed E-state index contributed by atoms with van der Waals surface area (Å²) >= 11 is 7.40. The van der Waals surface area contributed by atoms with E-state index >= 15 is 0 Å². The van der Waals surface area contributed by atoms with Gasteiger partial charge in [0.1, 0.15) is 11.1 Å². The molecule has 1 unspecified atom stereocenters. The number of carbonyl (C=O) groups excluding carboxylic acids is 3. The van der Waals surface area contributed by atoms with Crippen LogP contribution in [0.3, 0.4) is 0 Å². The number of hydrogen-bond donors (Lipinski definition) is 5. The molecule has 18 nitrogen and oxygen atoms in total. The van der Waals surface area contributed by atoms with Gasteiger partial charge in [-0.3, -0.25) is 28.8 Å². The zero-order chi connectivity index (χ0) is 47.9. The number of nitrogens with one attached hydrogen (secondary N) is 3. The minimum atomic E-state index is -3.81. The molecule has 2 atom stereocenters. The van der Waals surface area contributed by atoms with Gasteiger partial charge >= 0.3 is 17.6 Å². The van der Waals surface area contributed by atoms with E-state index in [2.05, 4.69) is 20.9 Å². The highest BCUT2D eigenvalue weighted by Crippen LogP contribution is 2.46. The van der Waals surface area contributed by atoms with Gasteiger partial charge in [0.25, 0.3) is 0 Å². The molecule has 21 heteroatoms. The topological polar surface area (TPSA) is 239 Å². The van der Waals surface area contributed by atoms with Gasteiger partial charge in [-0.1, -0.05) is 35.9 Å². The first-order valence-electron chi connectivity index (χ1n) is 21.8. The van der Waals surface area contributed by atoms with Gasteiger partial charge in [-0.05, 0) is 99.5 Å². The van der Waals surface area contributed by atoms with Crippen LogP contribution in [-0.4, -0.2) is 99.6 Å². The lowest BCUT2D eigenvalue weighted by molar-refractivity contribution is -0.139. The molecule has 3 aliphatic heterocycles. The summed E-state index contributed by atoms with van der Waals surface area (Å²) in [6.45, 7) is 4.45. The number of aliphatic carboxylic acids is 1. The Hall–Kier alpha value is -6.22. The van der Waals surface area contributed by atoms with Crippen molar-refractivity contribution in [3.05, 3.63) is 92.7 Å². The largest absolute Gasteiger partial charge is 0.479 e. The maximum Gasteiger partial charge on any atom is 0.349 e. The molecule has 67 heavy (non-hydrogen) atoms. The molecular formula is C46H50ClN7O11S2. The number of benzene rings is 3. The fourth-order valence-electron chi connectivity index (χ4n) is 9.44. The van der Waals surface area contributed by atoms with Gasteiger partial charge in [-0.25, -0.2) is 22.8 Å². The Morgan fingerprint density at radius 1 is 0.925 bits per heavy atom. The third kappa shape index (κ3) is 9.93. The van der Waals surface area contributed by atoms with Gasteiger partial charge in [0, 0.05) is 67.7 Å². The number of aromatic nitrogens is 2. The monoisotopic (exact) mass is 975 g/mol. The number of hydrogen-bond acceptors (Lipinski definition) is 12. The van der Waals surface area contributed by atoms with Gasteiger partial charge in [0.15, 0.2) is 17.2 Å². The predicted octanol–water partition coefficient (Wildman–Crippen LogP) is 5.90.